The molecule has 2 aliphatic rings. The van der Waals surface area contributed by atoms with Crippen molar-refractivity contribution in [3.63, 3.8) is 0 Å². The summed E-state index contributed by atoms with van der Waals surface area (Å²) in [5, 5.41) is 0. The molecule has 0 bridgehead atoms. The molecule has 8 nitrogen and oxygen atoms in total. The van der Waals surface area contributed by atoms with Gasteiger partial charge < -0.3 is 4.74 Å². The zero-order valence-corrected chi connectivity index (χ0v) is 12.4. The summed E-state index contributed by atoms with van der Waals surface area (Å²) in [6.45, 7) is 0. The van der Waals surface area contributed by atoms with Gasteiger partial charge >= 0.3 is 11.9 Å². The van der Waals surface area contributed by atoms with Gasteiger partial charge in [0.1, 0.15) is 5.50 Å². The van der Waals surface area contributed by atoms with E-state index in [1.165, 1.54) is 12.1 Å². The summed E-state index contributed by atoms with van der Waals surface area (Å²) in [6, 6.07) is 4.75. The van der Waals surface area contributed by atoms with Crippen LogP contribution in [0.15, 0.2) is 24.3 Å². The number of rotatable bonds is 1. The molecule has 0 radical (unpaired) electrons. The Balaban J connectivity index is 1.87. The van der Waals surface area contributed by atoms with Crippen molar-refractivity contribution in [3.8, 4) is 0 Å². The van der Waals surface area contributed by atoms with E-state index in [4.69, 9.17) is 11.6 Å². The van der Waals surface area contributed by atoms with Gasteiger partial charge in [0.25, 0.3) is 17.7 Å². The van der Waals surface area contributed by atoms with Crippen LogP contribution in [0.5, 0.6) is 0 Å². The zero-order chi connectivity index (χ0) is 16.9. The monoisotopic (exact) mass is 336 g/mol. The Morgan fingerprint density at radius 1 is 1.09 bits per heavy atom. The van der Waals surface area contributed by atoms with Gasteiger partial charge in [0.05, 0.1) is 18.2 Å². The lowest BCUT2D eigenvalue weighted by Crippen LogP contribution is -2.71. The van der Waals surface area contributed by atoms with Crippen LogP contribution in [0.2, 0.25) is 0 Å². The van der Waals surface area contributed by atoms with Crippen molar-refractivity contribution in [2.75, 3.05) is 7.11 Å². The summed E-state index contributed by atoms with van der Waals surface area (Å²) in [5.74, 6) is -4.75. The summed E-state index contributed by atoms with van der Waals surface area (Å²) in [4.78, 5) is 60.8. The quantitative estimate of drug-likeness (QED) is 0.175. The van der Waals surface area contributed by atoms with E-state index in [0.29, 0.717) is 9.80 Å². The number of carbonyl (C=O) groups excluding carboxylic acids is 5. The van der Waals surface area contributed by atoms with Crippen LogP contribution in [0.1, 0.15) is 20.7 Å². The average molecular weight is 337 g/mol. The van der Waals surface area contributed by atoms with Crippen LogP contribution in [0.4, 0.5) is 0 Å². The second kappa shape index (κ2) is 5.17. The standard InChI is InChI=1S/C14H9ClN2O6/c1-23-14(22)13(21)17-9(15)8(12(17)20)16-10(18)6-4-2-3-5-7(6)11(16)19/h2-5,8-9H,1H3/t8-,9-/m0/s1. The highest BCUT2D eigenvalue weighted by Crippen LogP contribution is 2.34. The Labute approximate surface area is 134 Å². The molecule has 2 atom stereocenters. The third kappa shape index (κ3) is 1.95. The van der Waals surface area contributed by atoms with Gasteiger partial charge in [0.2, 0.25) is 0 Å². The Hall–Kier alpha value is -2.74. The lowest BCUT2D eigenvalue weighted by molar-refractivity contribution is -0.170. The van der Waals surface area contributed by atoms with E-state index in [-0.39, 0.29) is 11.1 Å². The molecule has 2 heterocycles. The average Bonchev–Trinajstić information content (AvgIpc) is 2.80. The molecule has 0 N–H and O–H groups in total. The van der Waals surface area contributed by atoms with Crippen LogP contribution < -0.4 is 0 Å². The number of alkyl halides is 1. The predicted molar refractivity (Wildman–Crippen MR) is 74.2 cm³/mol. The first kappa shape index (κ1) is 15.2. The topological polar surface area (TPSA) is 101 Å². The van der Waals surface area contributed by atoms with E-state index < -0.39 is 41.1 Å². The Morgan fingerprint density at radius 2 is 1.61 bits per heavy atom. The normalized spacial score (nSPS) is 22.8. The van der Waals surface area contributed by atoms with E-state index >= 15 is 0 Å². The minimum Gasteiger partial charge on any atom is -0.462 e. The van der Waals surface area contributed by atoms with Crippen molar-refractivity contribution in [1.82, 2.24) is 9.80 Å². The van der Waals surface area contributed by atoms with Gasteiger partial charge in [-0.3, -0.25) is 29.0 Å². The molecule has 9 heteroatoms. The molecule has 1 aromatic carbocycles. The molecular weight excluding hydrogens is 328 g/mol. The third-order valence-corrected chi connectivity index (χ3v) is 4.11. The first-order valence-corrected chi connectivity index (χ1v) is 6.90. The van der Waals surface area contributed by atoms with Gasteiger partial charge in [-0.05, 0) is 12.1 Å². The Kier molecular flexibility index (Phi) is 3.41. The third-order valence-electron chi connectivity index (χ3n) is 3.68. The summed E-state index contributed by atoms with van der Waals surface area (Å²) in [5.41, 5.74) is -1.00. The minimum atomic E-state index is -1.34. The number of hydrogen-bond acceptors (Lipinski definition) is 6. The number of methoxy groups -OCH3 is 1. The summed E-state index contributed by atoms with van der Waals surface area (Å²) >= 11 is 5.96. The lowest BCUT2D eigenvalue weighted by Gasteiger charge is -2.44. The predicted octanol–water partition coefficient (Wildman–Crippen LogP) is -0.242. The number of hydrogen-bond donors (Lipinski definition) is 0. The first-order chi connectivity index (χ1) is 10.9. The van der Waals surface area contributed by atoms with Gasteiger partial charge in [-0.1, -0.05) is 23.7 Å². The number of nitrogens with zero attached hydrogens (tertiary/aromatic N) is 2. The van der Waals surface area contributed by atoms with E-state index in [2.05, 4.69) is 4.74 Å². The van der Waals surface area contributed by atoms with Gasteiger partial charge in [0, 0.05) is 0 Å². The van der Waals surface area contributed by atoms with Crippen molar-refractivity contribution in [3.05, 3.63) is 35.4 Å². The lowest BCUT2D eigenvalue weighted by atomic mass is 10.1. The molecule has 23 heavy (non-hydrogen) atoms. The van der Waals surface area contributed by atoms with Crippen molar-refractivity contribution in [2.45, 2.75) is 11.5 Å². The molecule has 0 spiro atoms. The molecule has 1 aromatic rings. The second-order valence-electron chi connectivity index (χ2n) is 4.85. The van der Waals surface area contributed by atoms with Crippen LogP contribution in [0.3, 0.4) is 0 Å². The molecule has 0 aromatic heterocycles. The summed E-state index contributed by atoms with van der Waals surface area (Å²) in [7, 11) is 0.982. The van der Waals surface area contributed by atoms with Gasteiger partial charge in [0.15, 0.2) is 6.04 Å². The molecule has 0 aliphatic carbocycles. The molecule has 2 aliphatic heterocycles. The highest BCUT2D eigenvalue weighted by molar-refractivity contribution is 6.41. The second-order valence-corrected chi connectivity index (χ2v) is 5.30. The number of esters is 1. The maximum Gasteiger partial charge on any atom is 0.397 e. The van der Waals surface area contributed by atoms with Crippen LogP contribution in [-0.2, 0) is 19.1 Å². The van der Waals surface area contributed by atoms with E-state index in [1.54, 1.807) is 12.1 Å². The number of imide groups is 2. The number of fused-ring (bicyclic) bond motifs is 1. The molecule has 0 unspecified atom stereocenters. The fraction of sp³-hybridized carbons (Fsp3) is 0.214. The summed E-state index contributed by atoms with van der Waals surface area (Å²) in [6.07, 6.45) is 0. The van der Waals surface area contributed by atoms with Gasteiger partial charge in [-0.25, -0.2) is 4.79 Å². The van der Waals surface area contributed by atoms with Crippen molar-refractivity contribution in [1.29, 1.82) is 0 Å². The Morgan fingerprint density at radius 3 is 2.04 bits per heavy atom. The number of β-lactam (4-membered cyclic amide) rings is 1. The van der Waals surface area contributed by atoms with Crippen LogP contribution in [0.25, 0.3) is 0 Å². The summed E-state index contributed by atoms with van der Waals surface area (Å²) < 4.78 is 4.23. The van der Waals surface area contributed by atoms with Crippen molar-refractivity contribution >= 4 is 41.2 Å². The molecular formula is C14H9ClN2O6. The van der Waals surface area contributed by atoms with Crippen LogP contribution in [-0.4, -0.2) is 58.1 Å². The van der Waals surface area contributed by atoms with E-state index in [9.17, 15) is 24.0 Å². The molecule has 0 saturated carbocycles. The molecule has 1 saturated heterocycles. The maximum absolute atomic E-state index is 12.3. The van der Waals surface area contributed by atoms with Crippen molar-refractivity contribution < 1.29 is 28.7 Å². The molecule has 1 fully saturated rings. The SMILES string of the molecule is COC(=O)C(=O)N1C(=O)[C@@H](N2C(=O)c3ccccc3C2=O)[C@H]1Cl. The van der Waals surface area contributed by atoms with E-state index in [1.807, 2.05) is 0 Å². The largest absolute Gasteiger partial charge is 0.462 e. The first-order valence-electron chi connectivity index (χ1n) is 6.46. The van der Waals surface area contributed by atoms with Gasteiger partial charge in [-0.15, -0.1) is 0 Å². The number of carbonyl (C=O) groups is 5. The number of benzene rings is 1. The minimum absolute atomic E-state index is 0.159. The highest BCUT2D eigenvalue weighted by Gasteiger charge is 2.59. The van der Waals surface area contributed by atoms with Gasteiger partial charge in [-0.2, -0.15) is 0 Å². The fourth-order valence-corrected chi connectivity index (χ4v) is 2.94. The number of likely N-dealkylation sites (tertiary alicyclic amines) is 1. The zero-order valence-electron chi connectivity index (χ0n) is 11.7. The fourth-order valence-electron chi connectivity index (χ4n) is 2.53. The van der Waals surface area contributed by atoms with Crippen molar-refractivity contribution in [2.24, 2.45) is 0 Å². The molecule has 3 rings (SSSR count). The Bertz CT molecular complexity index is 741. The number of ether oxygens (including phenoxy) is 1. The maximum atomic E-state index is 12.3. The van der Waals surface area contributed by atoms with Crippen LogP contribution in [0, 0.1) is 0 Å². The smallest absolute Gasteiger partial charge is 0.397 e. The number of amides is 4. The highest BCUT2D eigenvalue weighted by atomic mass is 35.5. The molecule has 118 valence electrons. The molecule has 4 amide bonds. The van der Waals surface area contributed by atoms with Crippen LogP contribution >= 0.6 is 11.6 Å². The van der Waals surface area contributed by atoms with E-state index in [0.717, 1.165) is 7.11 Å². The number of halogens is 1.